The van der Waals surface area contributed by atoms with Crippen molar-refractivity contribution in [3.05, 3.63) is 42.0 Å². The third kappa shape index (κ3) is 5.73. The number of hydrogen-bond acceptors (Lipinski definition) is 3. The lowest BCUT2D eigenvalue weighted by Gasteiger charge is -2.34. The van der Waals surface area contributed by atoms with Crippen LogP contribution in [0.15, 0.2) is 36.4 Å². The molecule has 4 nitrogen and oxygen atoms in total. The smallest absolute Gasteiger partial charge is 0.317 e. The maximum absolute atomic E-state index is 12.0. The largest absolute Gasteiger partial charge is 0.337 e. The van der Waals surface area contributed by atoms with Crippen LogP contribution in [-0.4, -0.2) is 67.1 Å². The summed E-state index contributed by atoms with van der Waals surface area (Å²) in [5, 5.41) is 2.97. The molecular formula is C17H25N3OS. The van der Waals surface area contributed by atoms with E-state index in [4.69, 9.17) is 0 Å². The molecule has 0 atom stereocenters. The fourth-order valence-electron chi connectivity index (χ4n) is 2.41. The molecular weight excluding hydrogens is 294 g/mol. The van der Waals surface area contributed by atoms with E-state index in [-0.39, 0.29) is 6.03 Å². The molecule has 1 fully saturated rings. The minimum atomic E-state index is 0.0773. The van der Waals surface area contributed by atoms with Gasteiger partial charge in [0.05, 0.1) is 0 Å². The van der Waals surface area contributed by atoms with Crippen LogP contribution in [0.2, 0.25) is 0 Å². The Hall–Kier alpha value is -1.46. The third-order valence-electron chi connectivity index (χ3n) is 3.72. The first-order chi connectivity index (χ1) is 10.8. The van der Waals surface area contributed by atoms with E-state index >= 15 is 0 Å². The number of rotatable bonds is 6. The Bertz CT molecular complexity index is 470. The van der Waals surface area contributed by atoms with Crippen molar-refractivity contribution in [2.45, 2.75) is 0 Å². The van der Waals surface area contributed by atoms with E-state index in [1.807, 2.05) is 29.4 Å². The maximum Gasteiger partial charge on any atom is 0.317 e. The molecule has 0 spiro atoms. The molecule has 0 unspecified atom stereocenters. The second-order valence-electron chi connectivity index (χ2n) is 5.33. The number of hydrogen-bond donors (Lipinski definition) is 1. The van der Waals surface area contributed by atoms with Crippen molar-refractivity contribution in [3.8, 4) is 0 Å². The normalized spacial score (nSPS) is 16.1. The van der Waals surface area contributed by atoms with Crippen molar-refractivity contribution in [1.29, 1.82) is 0 Å². The summed E-state index contributed by atoms with van der Waals surface area (Å²) in [4.78, 5) is 16.2. The Balaban J connectivity index is 1.66. The number of nitrogens with one attached hydrogen (secondary N) is 1. The quantitative estimate of drug-likeness (QED) is 0.818. The minimum absolute atomic E-state index is 0.0773. The second kappa shape index (κ2) is 9.54. The molecule has 0 radical (unpaired) electrons. The van der Waals surface area contributed by atoms with Crippen molar-refractivity contribution in [1.82, 2.24) is 15.1 Å². The highest BCUT2D eigenvalue weighted by atomic mass is 32.2. The Morgan fingerprint density at radius 1 is 1.23 bits per heavy atom. The molecule has 0 aliphatic carbocycles. The van der Waals surface area contributed by atoms with Gasteiger partial charge in [-0.25, -0.2) is 4.79 Å². The van der Waals surface area contributed by atoms with Crippen LogP contribution in [0.25, 0.3) is 6.08 Å². The Morgan fingerprint density at radius 3 is 2.64 bits per heavy atom. The SMILES string of the molecule is CSCCNC(=O)N1CCN(C/C=C/c2ccccc2)CC1. The van der Waals surface area contributed by atoms with Crippen molar-refractivity contribution in [3.63, 3.8) is 0 Å². The molecule has 0 bridgehead atoms. The lowest BCUT2D eigenvalue weighted by Crippen LogP contribution is -2.51. The van der Waals surface area contributed by atoms with Crippen LogP contribution >= 0.6 is 11.8 Å². The topological polar surface area (TPSA) is 35.6 Å². The molecule has 1 aromatic carbocycles. The molecule has 1 heterocycles. The summed E-state index contributed by atoms with van der Waals surface area (Å²) in [5.74, 6) is 0.968. The monoisotopic (exact) mass is 319 g/mol. The molecule has 1 aliphatic rings. The van der Waals surface area contributed by atoms with Crippen LogP contribution in [0.4, 0.5) is 4.79 Å². The fourth-order valence-corrected chi connectivity index (χ4v) is 2.71. The maximum atomic E-state index is 12.0. The zero-order valence-electron chi connectivity index (χ0n) is 13.2. The first kappa shape index (κ1) is 16.9. The lowest BCUT2D eigenvalue weighted by molar-refractivity contribution is 0.147. The van der Waals surface area contributed by atoms with Gasteiger partial charge in [-0.05, 0) is 11.8 Å². The van der Waals surface area contributed by atoms with Gasteiger partial charge in [-0.3, -0.25) is 4.90 Å². The van der Waals surface area contributed by atoms with Gasteiger partial charge >= 0.3 is 6.03 Å². The van der Waals surface area contributed by atoms with Gasteiger partial charge < -0.3 is 10.2 Å². The zero-order valence-corrected chi connectivity index (χ0v) is 14.0. The van der Waals surface area contributed by atoms with Gasteiger partial charge in [0.2, 0.25) is 0 Å². The number of benzene rings is 1. The minimum Gasteiger partial charge on any atom is -0.337 e. The number of thioether (sulfide) groups is 1. The Kier molecular flexibility index (Phi) is 7.33. The van der Waals surface area contributed by atoms with Crippen molar-refractivity contribution >= 4 is 23.9 Å². The van der Waals surface area contributed by atoms with Crippen LogP contribution < -0.4 is 5.32 Å². The molecule has 1 aromatic rings. The zero-order chi connectivity index (χ0) is 15.6. The van der Waals surface area contributed by atoms with Crippen LogP contribution in [-0.2, 0) is 0 Å². The van der Waals surface area contributed by atoms with E-state index in [1.54, 1.807) is 11.8 Å². The van der Waals surface area contributed by atoms with E-state index in [0.29, 0.717) is 0 Å². The fraction of sp³-hybridized carbons (Fsp3) is 0.471. The summed E-state index contributed by atoms with van der Waals surface area (Å²) < 4.78 is 0. The van der Waals surface area contributed by atoms with Crippen LogP contribution in [0, 0.1) is 0 Å². The van der Waals surface area contributed by atoms with Gasteiger partial charge in [0.15, 0.2) is 0 Å². The molecule has 0 saturated carbocycles. The van der Waals surface area contributed by atoms with Gasteiger partial charge in [-0.2, -0.15) is 11.8 Å². The number of amides is 2. The van der Waals surface area contributed by atoms with Crippen molar-refractivity contribution in [2.24, 2.45) is 0 Å². The summed E-state index contributed by atoms with van der Waals surface area (Å²) in [7, 11) is 0. The third-order valence-corrected chi connectivity index (χ3v) is 4.33. The molecule has 2 amide bonds. The van der Waals surface area contributed by atoms with Crippen LogP contribution in [0.5, 0.6) is 0 Å². The predicted octanol–water partition coefficient (Wildman–Crippen LogP) is 2.39. The van der Waals surface area contributed by atoms with E-state index < -0.39 is 0 Å². The van der Waals surface area contributed by atoms with Gasteiger partial charge in [0.1, 0.15) is 0 Å². The summed E-state index contributed by atoms with van der Waals surface area (Å²) in [6.07, 6.45) is 6.40. The van der Waals surface area contributed by atoms with Crippen molar-refractivity contribution in [2.75, 3.05) is 51.3 Å². The number of piperazine rings is 1. The predicted molar refractivity (Wildman–Crippen MR) is 95.3 cm³/mol. The lowest BCUT2D eigenvalue weighted by atomic mass is 10.2. The Morgan fingerprint density at radius 2 is 1.95 bits per heavy atom. The van der Waals surface area contributed by atoms with Gasteiger partial charge in [0, 0.05) is 45.0 Å². The molecule has 1 saturated heterocycles. The number of carbonyl (C=O) groups excluding carboxylic acids is 1. The first-order valence-corrected chi connectivity index (χ1v) is 9.14. The van der Waals surface area contributed by atoms with E-state index in [2.05, 4.69) is 34.5 Å². The van der Waals surface area contributed by atoms with E-state index in [9.17, 15) is 4.79 Å². The molecule has 5 heteroatoms. The van der Waals surface area contributed by atoms with Crippen LogP contribution in [0.3, 0.4) is 0 Å². The first-order valence-electron chi connectivity index (χ1n) is 7.75. The highest BCUT2D eigenvalue weighted by Crippen LogP contribution is 2.04. The van der Waals surface area contributed by atoms with E-state index in [1.165, 1.54) is 5.56 Å². The average molecular weight is 319 g/mol. The van der Waals surface area contributed by atoms with Crippen LogP contribution in [0.1, 0.15) is 5.56 Å². The summed E-state index contributed by atoms with van der Waals surface area (Å²) in [5.41, 5.74) is 1.23. The number of carbonyl (C=O) groups is 1. The molecule has 0 aromatic heterocycles. The highest BCUT2D eigenvalue weighted by Gasteiger charge is 2.19. The second-order valence-corrected chi connectivity index (χ2v) is 6.31. The standard InChI is InChI=1S/C17H25N3OS/c1-22-15-9-18-17(21)20-13-11-19(12-14-20)10-5-8-16-6-3-2-4-7-16/h2-8H,9-15H2,1H3,(H,18,21)/b8-5+. The van der Waals surface area contributed by atoms with Gasteiger partial charge in [0.25, 0.3) is 0 Å². The van der Waals surface area contributed by atoms with E-state index in [0.717, 1.165) is 45.0 Å². The Labute approximate surface area is 137 Å². The molecule has 22 heavy (non-hydrogen) atoms. The highest BCUT2D eigenvalue weighted by molar-refractivity contribution is 7.98. The molecule has 1 N–H and O–H groups in total. The average Bonchev–Trinajstić information content (AvgIpc) is 2.56. The number of urea groups is 1. The van der Waals surface area contributed by atoms with Gasteiger partial charge in [-0.1, -0.05) is 42.5 Å². The molecule has 2 rings (SSSR count). The summed E-state index contributed by atoms with van der Waals surface area (Å²) >= 11 is 1.75. The number of nitrogens with zero attached hydrogens (tertiary/aromatic N) is 2. The molecule has 1 aliphatic heterocycles. The summed E-state index contributed by atoms with van der Waals surface area (Å²) in [6, 6.07) is 10.4. The van der Waals surface area contributed by atoms with Gasteiger partial charge in [-0.15, -0.1) is 0 Å². The van der Waals surface area contributed by atoms with Crippen molar-refractivity contribution < 1.29 is 4.79 Å². The summed E-state index contributed by atoms with van der Waals surface area (Å²) in [6.45, 7) is 5.19. The molecule has 120 valence electrons.